The number of benzene rings is 1. The lowest BCUT2D eigenvalue weighted by molar-refractivity contribution is -0.130. The molecule has 0 radical (unpaired) electrons. The number of ether oxygens (including phenoxy) is 1. The van der Waals surface area contributed by atoms with Crippen molar-refractivity contribution in [2.24, 2.45) is 0 Å². The van der Waals surface area contributed by atoms with E-state index in [1.807, 2.05) is 18.7 Å². The van der Waals surface area contributed by atoms with E-state index in [0.717, 1.165) is 12.1 Å². The van der Waals surface area contributed by atoms with Crippen molar-refractivity contribution in [1.29, 1.82) is 0 Å². The third-order valence-electron chi connectivity index (χ3n) is 4.54. The molecule has 1 aromatic carbocycles. The minimum Gasteiger partial charge on any atom is -0.494 e. The van der Waals surface area contributed by atoms with Crippen molar-refractivity contribution in [2.75, 3.05) is 39.3 Å². The number of nitrogens with one attached hydrogen (secondary N) is 1. The summed E-state index contributed by atoms with van der Waals surface area (Å²) in [6.45, 7) is 6.82. The SMILES string of the molecule is CCOc1ccc(S(=O)(=O)N2CCN3CCNC(=O)C3C2)cc1C. The molecule has 2 fully saturated rings. The Bertz CT molecular complexity index is 735. The van der Waals surface area contributed by atoms with E-state index in [9.17, 15) is 13.2 Å². The topological polar surface area (TPSA) is 79.0 Å². The molecule has 2 aliphatic rings. The van der Waals surface area contributed by atoms with E-state index in [-0.39, 0.29) is 17.3 Å². The molecule has 0 aliphatic carbocycles. The minimum absolute atomic E-state index is 0.0935. The Labute approximate surface area is 142 Å². The number of rotatable bonds is 4. The van der Waals surface area contributed by atoms with Gasteiger partial charge >= 0.3 is 0 Å². The van der Waals surface area contributed by atoms with Gasteiger partial charge in [-0.3, -0.25) is 9.69 Å². The summed E-state index contributed by atoms with van der Waals surface area (Å²) >= 11 is 0. The van der Waals surface area contributed by atoms with Crippen LogP contribution in [0.5, 0.6) is 5.75 Å². The number of hydrogen-bond acceptors (Lipinski definition) is 5. The minimum atomic E-state index is -3.62. The van der Waals surface area contributed by atoms with Crippen molar-refractivity contribution in [1.82, 2.24) is 14.5 Å². The van der Waals surface area contributed by atoms with Gasteiger partial charge in [-0.1, -0.05) is 0 Å². The highest BCUT2D eigenvalue weighted by Gasteiger charge is 2.39. The Morgan fingerprint density at radius 3 is 2.79 bits per heavy atom. The smallest absolute Gasteiger partial charge is 0.243 e. The quantitative estimate of drug-likeness (QED) is 0.836. The van der Waals surface area contributed by atoms with E-state index < -0.39 is 16.1 Å². The molecule has 1 N–H and O–H groups in total. The summed E-state index contributed by atoms with van der Waals surface area (Å²) in [5.74, 6) is 0.594. The molecule has 2 aliphatic heterocycles. The average Bonchev–Trinajstić information content (AvgIpc) is 2.57. The number of piperazine rings is 2. The number of fused-ring (bicyclic) bond motifs is 1. The highest BCUT2D eigenvalue weighted by atomic mass is 32.2. The van der Waals surface area contributed by atoms with Crippen molar-refractivity contribution in [3.63, 3.8) is 0 Å². The predicted molar refractivity (Wildman–Crippen MR) is 89.5 cm³/mol. The highest BCUT2D eigenvalue weighted by Crippen LogP contribution is 2.26. The average molecular weight is 353 g/mol. The zero-order valence-electron chi connectivity index (χ0n) is 14.0. The largest absolute Gasteiger partial charge is 0.494 e. The number of carbonyl (C=O) groups is 1. The van der Waals surface area contributed by atoms with Crippen LogP contribution in [-0.2, 0) is 14.8 Å². The molecule has 1 amide bonds. The normalized spacial score (nSPS) is 22.8. The predicted octanol–water partition coefficient (Wildman–Crippen LogP) is 0.198. The number of sulfonamides is 1. The molecular formula is C16H23N3O4S. The summed E-state index contributed by atoms with van der Waals surface area (Å²) in [5.41, 5.74) is 0.784. The standard InChI is InChI=1S/C16H23N3O4S/c1-3-23-15-5-4-13(10-12(15)2)24(21,22)19-9-8-18-7-6-17-16(20)14(18)11-19/h4-5,10,14H,3,6-9,11H2,1-2H3,(H,17,20). The lowest BCUT2D eigenvalue weighted by Crippen LogP contribution is -2.64. The van der Waals surface area contributed by atoms with Crippen LogP contribution in [-0.4, -0.2) is 68.9 Å². The van der Waals surface area contributed by atoms with E-state index in [1.54, 1.807) is 18.2 Å². The monoisotopic (exact) mass is 353 g/mol. The van der Waals surface area contributed by atoms with Crippen LogP contribution in [0.15, 0.2) is 23.1 Å². The summed E-state index contributed by atoms with van der Waals surface area (Å²) in [6.07, 6.45) is 0. The van der Waals surface area contributed by atoms with Crippen molar-refractivity contribution in [3.05, 3.63) is 23.8 Å². The molecule has 8 heteroatoms. The van der Waals surface area contributed by atoms with Crippen molar-refractivity contribution in [3.8, 4) is 5.75 Å². The first kappa shape index (κ1) is 17.2. The number of carbonyl (C=O) groups excluding carboxylic acids is 1. The molecule has 7 nitrogen and oxygen atoms in total. The lowest BCUT2D eigenvalue weighted by Gasteiger charge is -2.42. The van der Waals surface area contributed by atoms with Gasteiger partial charge in [0, 0.05) is 32.7 Å². The van der Waals surface area contributed by atoms with Crippen LogP contribution in [0.25, 0.3) is 0 Å². The summed E-state index contributed by atoms with van der Waals surface area (Å²) in [5, 5.41) is 2.80. The van der Waals surface area contributed by atoms with Crippen LogP contribution in [0.1, 0.15) is 12.5 Å². The first-order valence-corrected chi connectivity index (χ1v) is 9.63. The van der Waals surface area contributed by atoms with E-state index in [1.165, 1.54) is 4.31 Å². The first-order chi connectivity index (χ1) is 11.4. The zero-order valence-corrected chi connectivity index (χ0v) is 14.8. The Balaban J connectivity index is 1.83. The van der Waals surface area contributed by atoms with Crippen LogP contribution in [0.3, 0.4) is 0 Å². The van der Waals surface area contributed by atoms with Gasteiger partial charge in [-0.05, 0) is 37.6 Å². The zero-order chi connectivity index (χ0) is 17.3. The number of nitrogens with zero attached hydrogens (tertiary/aromatic N) is 2. The number of aryl methyl sites for hydroxylation is 1. The molecule has 0 spiro atoms. The van der Waals surface area contributed by atoms with Gasteiger partial charge in [-0.25, -0.2) is 8.42 Å². The van der Waals surface area contributed by atoms with Gasteiger partial charge in [0.25, 0.3) is 0 Å². The van der Waals surface area contributed by atoms with Gasteiger partial charge in [0.1, 0.15) is 11.8 Å². The van der Waals surface area contributed by atoms with Crippen LogP contribution in [0, 0.1) is 6.92 Å². The number of hydrogen-bond donors (Lipinski definition) is 1. The fraction of sp³-hybridized carbons (Fsp3) is 0.562. The van der Waals surface area contributed by atoms with E-state index in [4.69, 9.17) is 4.74 Å². The highest BCUT2D eigenvalue weighted by molar-refractivity contribution is 7.89. The van der Waals surface area contributed by atoms with Crippen LogP contribution < -0.4 is 10.1 Å². The van der Waals surface area contributed by atoms with Gasteiger partial charge in [0.15, 0.2) is 0 Å². The third kappa shape index (κ3) is 3.13. The molecule has 24 heavy (non-hydrogen) atoms. The van der Waals surface area contributed by atoms with Crippen molar-refractivity contribution in [2.45, 2.75) is 24.8 Å². The van der Waals surface area contributed by atoms with E-state index >= 15 is 0 Å². The maximum Gasteiger partial charge on any atom is 0.243 e. The molecule has 0 aromatic heterocycles. The van der Waals surface area contributed by atoms with Crippen molar-refractivity contribution >= 4 is 15.9 Å². The molecule has 0 bridgehead atoms. The third-order valence-corrected chi connectivity index (χ3v) is 6.40. The lowest BCUT2D eigenvalue weighted by atomic mass is 10.1. The maximum absolute atomic E-state index is 12.9. The molecule has 2 saturated heterocycles. The Hall–Kier alpha value is -1.64. The van der Waals surface area contributed by atoms with Crippen LogP contribution >= 0.6 is 0 Å². The molecule has 0 saturated carbocycles. The first-order valence-electron chi connectivity index (χ1n) is 8.19. The maximum atomic E-state index is 12.9. The Kier molecular flexibility index (Phi) is 4.80. The molecule has 132 valence electrons. The Morgan fingerprint density at radius 2 is 2.08 bits per heavy atom. The second kappa shape index (κ2) is 6.70. The van der Waals surface area contributed by atoms with Crippen LogP contribution in [0.2, 0.25) is 0 Å². The van der Waals surface area contributed by atoms with Gasteiger partial charge in [0.2, 0.25) is 15.9 Å². The van der Waals surface area contributed by atoms with E-state index in [2.05, 4.69) is 5.32 Å². The number of amides is 1. The summed E-state index contributed by atoms with van der Waals surface area (Å²) in [6, 6.07) is 4.50. The Morgan fingerprint density at radius 1 is 1.29 bits per heavy atom. The summed E-state index contributed by atoms with van der Waals surface area (Å²) in [4.78, 5) is 14.3. The van der Waals surface area contributed by atoms with Crippen LogP contribution in [0.4, 0.5) is 0 Å². The molecular weight excluding hydrogens is 330 g/mol. The second-order valence-corrected chi connectivity index (χ2v) is 8.00. The van der Waals surface area contributed by atoms with Gasteiger partial charge < -0.3 is 10.1 Å². The molecule has 1 aromatic rings. The second-order valence-electron chi connectivity index (χ2n) is 6.07. The summed E-state index contributed by atoms with van der Waals surface area (Å²) in [7, 11) is -3.62. The molecule has 2 heterocycles. The van der Waals surface area contributed by atoms with Gasteiger partial charge in [-0.15, -0.1) is 0 Å². The molecule has 1 unspecified atom stereocenters. The summed E-state index contributed by atoms with van der Waals surface area (Å²) < 4.78 is 32.7. The fourth-order valence-electron chi connectivity index (χ4n) is 3.22. The van der Waals surface area contributed by atoms with E-state index in [0.29, 0.717) is 32.0 Å². The van der Waals surface area contributed by atoms with Crippen molar-refractivity contribution < 1.29 is 17.9 Å². The molecule has 3 rings (SSSR count). The van der Waals surface area contributed by atoms with Gasteiger partial charge in [-0.2, -0.15) is 4.31 Å². The van der Waals surface area contributed by atoms with Gasteiger partial charge in [0.05, 0.1) is 11.5 Å². The molecule has 1 atom stereocenters. The fourth-order valence-corrected chi connectivity index (χ4v) is 4.74.